The Kier molecular flexibility index (Phi) is 14.3. The van der Waals surface area contributed by atoms with Crippen LogP contribution in [0.5, 0.6) is 0 Å². The number of carboxylic acid groups (broad SMARTS) is 1. The number of rotatable bonds is 6. The number of likely N-dealkylation sites (N-methyl/N-ethyl adjacent to an activating group) is 1. The van der Waals surface area contributed by atoms with Gasteiger partial charge in [-0.2, -0.15) is 0 Å². The minimum absolute atomic E-state index is 0. The Morgan fingerprint density at radius 2 is 1.36 bits per heavy atom. The molecule has 0 bridgehead atoms. The van der Waals surface area contributed by atoms with E-state index in [1.54, 1.807) is 4.90 Å². The molecule has 2 N–H and O–H groups in total. The summed E-state index contributed by atoms with van der Waals surface area (Å²) in [5.74, 6) is 0. The average Bonchev–Trinajstić information content (AvgIpc) is 2.62. The molecule has 0 unspecified atom stereocenters. The Morgan fingerprint density at radius 1 is 0.960 bits per heavy atom. The van der Waals surface area contributed by atoms with Crippen molar-refractivity contribution in [1.82, 2.24) is 4.90 Å². The largest absolute Gasteiger partial charge is 0.530 e. The Balaban J connectivity index is 0.000000552. The maximum atomic E-state index is 11.3. The molecule has 6 heteroatoms. The van der Waals surface area contributed by atoms with Gasteiger partial charge in [0.1, 0.15) is 12.6 Å². The summed E-state index contributed by atoms with van der Waals surface area (Å²) in [5.41, 5.74) is 0. The normalized spacial score (nSPS) is 18.9. The summed E-state index contributed by atoms with van der Waals surface area (Å²) >= 11 is 0. The predicted octanol–water partition coefficient (Wildman–Crippen LogP) is 1.62. The molecule has 1 amide bonds. The first kappa shape index (κ1) is 24.5. The van der Waals surface area contributed by atoms with Gasteiger partial charge in [0, 0.05) is 12.1 Å². The van der Waals surface area contributed by atoms with Crippen LogP contribution in [0.4, 0.5) is 4.79 Å². The van der Waals surface area contributed by atoms with E-state index in [4.69, 9.17) is 5.11 Å². The molecular weight excluding hydrogens is 340 g/mol. The fraction of sp³-hybridized carbons (Fsp3) is 0.947. The molecule has 5 nitrogen and oxygen atoms in total. The molecule has 0 radical (unpaired) electrons. The lowest BCUT2D eigenvalue weighted by Crippen LogP contribution is -3.11. The van der Waals surface area contributed by atoms with Crippen LogP contribution in [-0.2, 0) is 0 Å². The maximum absolute atomic E-state index is 11.3. The van der Waals surface area contributed by atoms with Crippen molar-refractivity contribution in [2.75, 3.05) is 26.2 Å². The highest BCUT2D eigenvalue weighted by Gasteiger charge is 2.28. The SMILES string of the molecule is CC[NH+](CC)CCO.Cl.O=C([O-])N(C1CCCCC1)C1CCCCC1. The van der Waals surface area contributed by atoms with Crippen LogP contribution in [0.25, 0.3) is 0 Å². The van der Waals surface area contributed by atoms with Crippen molar-refractivity contribution in [2.45, 2.75) is 90.1 Å². The molecule has 0 aromatic carbocycles. The van der Waals surface area contributed by atoms with Crippen molar-refractivity contribution in [2.24, 2.45) is 0 Å². The van der Waals surface area contributed by atoms with E-state index >= 15 is 0 Å². The molecular formula is C19H39ClN2O3. The van der Waals surface area contributed by atoms with Gasteiger partial charge in [0.05, 0.1) is 19.7 Å². The minimum Gasteiger partial charge on any atom is -0.530 e. The van der Waals surface area contributed by atoms with E-state index in [-0.39, 0.29) is 24.5 Å². The van der Waals surface area contributed by atoms with Gasteiger partial charge in [-0.3, -0.25) is 0 Å². The molecule has 150 valence electrons. The lowest BCUT2D eigenvalue weighted by atomic mass is 9.89. The van der Waals surface area contributed by atoms with Crippen LogP contribution in [0.2, 0.25) is 0 Å². The zero-order valence-electron chi connectivity index (χ0n) is 16.2. The highest BCUT2D eigenvalue weighted by atomic mass is 35.5. The van der Waals surface area contributed by atoms with Crippen LogP contribution in [0.1, 0.15) is 78.1 Å². The van der Waals surface area contributed by atoms with Gasteiger partial charge in [-0.15, -0.1) is 12.4 Å². The van der Waals surface area contributed by atoms with Crippen molar-refractivity contribution in [1.29, 1.82) is 0 Å². The molecule has 2 aliphatic rings. The summed E-state index contributed by atoms with van der Waals surface area (Å²) in [6.07, 6.45) is 10.5. The molecule has 2 saturated carbocycles. The Bertz CT molecular complexity index is 311. The van der Waals surface area contributed by atoms with Gasteiger partial charge < -0.3 is 24.8 Å². The predicted molar refractivity (Wildman–Crippen MR) is 102 cm³/mol. The van der Waals surface area contributed by atoms with E-state index in [9.17, 15) is 9.90 Å². The molecule has 0 saturated heterocycles. The number of carbonyl (C=O) groups excluding carboxylic acids is 1. The standard InChI is InChI=1S/C13H23NO2.C6H15NO.ClH/c15-13(16)14(11-7-3-1-4-8-11)12-9-5-2-6-10-12;1-3-7(4-2)5-6-8;/h11-12H,1-10H2,(H,15,16);8H,3-6H2,1-2H3;1H. The second kappa shape index (κ2) is 14.6. The second-order valence-electron chi connectivity index (χ2n) is 7.19. The molecule has 0 aromatic heterocycles. The number of carbonyl (C=O) groups is 1. The Morgan fingerprint density at radius 3 is 1.60 bits per heavy atom. The third kappa shape index (κ3) is 9.11. The number of amides is 1. The van der Waals surface area contributed by atoms with E-state index in [2.05, 4.69) is 13.8 Å². The molecule has 0 spiro atoms. The fourth-order valence-corrected chi connectivity index (χ4v) is 4.08. The maximum Gasteiger partial charge on any atom is 0.137 e. The summed E-state index contributed by atoms with van der Waals surface area (Å²) in [5, 5.41) is 19.8. The van der Waals surface area contributed by atoms with Gasteiger partial charge in [0.25, 0.3) is 0 Å². The first-order chi connectivity index (χ1) is 11.6. The van der Waals surface area contributed by atoms with Gasteiger partial charge in [-0.05, 0) is 39.5 Å². The second-order valence-corrected chi connectivity index (χ2v) is 7.19. The third-order valence-electron chi connectivity index (χ3n) is 5.61. The number of hydrogen-bond acceptors (Lipinski definition) is 3. The molecule has 2 aliphatic carbocycles. The first-order valence-corrected chi connectivity index (χ1v) is 10.1. The smallest absolute Gasteiger partial charge is 0.137 e. The average molecular weight is 379 g/mol. The number of halogens is 1. The highest BCUT2D eigenvalue weighted by molar-refractivity contribution is 5.85. The van der Waals surface area contributed by atoms with Crippen LogP contribution < -0.4 is 10.0 Å². The van der Waals surface area contributed by atoms with Gasteiger partial charge in [-0.25, -0.2) is 0 Å². The summed E-state index contributed by atoms with van der Waals surface area (Å²) in [7, 11) is 0. The molecule has 0 heterocycles. The molecule has 2 rings (SSSR count). The van der Waals surface area contributed by atoms with Crippen molar-refractivity contribution in [3.05, 3.63) is 0 Å². The molecule has 2 fully saturated rings. The zero-order valence-corrected chi connectivity index (χ0v) is 17.0. The minimum atomic E-state index is -0.932. The van der Waals surface area contributed by atoms with Crippen molar-refractivity contribution in [3.8, 4) is 0 Å². The van der Waals surface area contributed by atoms with E-state index in [1.165, 1.54) is 43.4 Å². The first-order valence-electron chi connectivity index (χ1n) is 10.1. The zero-order chi connectivity index (χ0) is 17.8. The van der Waals surface area contributed by atoms with Crippen LogP contribution in [-0.4, -0.2) is 54.4 Å². The van der Waals surface area contributed by atoms with Gasteiger partial charge in [-0.1, -0.05) is 38.5 Å². The van der Waals surface area contributed by atoms with Crippen LogP contribution >= 0.6 is 12.4 Å². The highest BCUT2D eigenvalue weighted by Crippen LogP contribution is 2.29. The Hall–Kier alpha value is -0.520. The lowest BCUT2D eigenvalue weighted by Gasteiger charge is -2.43. The van der Waals surface area contributed by atoms with Gasteiger partial charge in [0.2, 0.25) is 0 Å². The molecule has 0 aromatic rings. The Labute approximate surface area is 160 Å². The molecule has 0 atom stereocenters. The monoisotopic (exact) mass is 378 g/mol. The number of nitrogens with zero attached hydrogens (tertiary/aromatic N) is 1. The van der Waals surface area contributed by atoms with Crippen molar-refractivity contribution < 1.29 is 19.9 Å². The summed E-state index contributed by atoms with van der Waals surface area (Å²) in [4.78, 5) is 14.5. The number of hydrogen-bond donors (Lipinski definition) is 2. The third-order valence-corrected chi connectivity index (χ3v) is 5.61. The van der Waals surface area contributed by atoms with Crippen LogP contribution in [0.15, 0.2) is 0 Å². The lowest BCUT2D eigenvalue weighted by molar-refractivity contribution is -0.896. The van der Waals surface area contributed by atoms with Crippen LogP contribution in [0, 0.1) is 0 Å². The van der Waals surface area contributed by atoms with E-state index in [0.717, 1.165) is 45.3 Å². The number of aliphatic hydroxyl groups excluding tert-OH is 1. The van der Waals surface area contributed by atoms with E-state index in [0.29, 0.717) is 6.61 Å². The fourth-order valence-electron chi connectivity index (χ4n) is 4.08. The number of aliphatic hydroxyl groups is 1. The van der Waals surface area contributed by atoms with E-state index in [1.807, 2.05) is 0 Å². The molecule has 0 aliphatic heterocycles. The number of quaternary nitrogens is 1. The summed E-state index contributed by atoms with van der Waals surface area (Å²) < 4.78 is 0. The molecule has 25 heavy (non-hydrogen) atoms. The quantitative estimate of drug-likeness (QED) is 0.738. The van der Waals surface area contributed by atoms with Gasteiger partial charge in [0.15, 0.2) is 0 Å². The van der Waals surface area contributed by atoms with Crippen molar-refractivity contribution in [3.63, 3.8) is 0 Å². The summed E-state index contributed by atoms with van der Waals surface area (Å²) in [6.45, 7) is 7.72. The van der Waals surface area contributed by atoms with Gasteiger partial charge >= 0.3 is 0 Å². The van der Waals surface area contributed by atoms with E-state index < -0.39 is 6.09 Å². The van der Waals surface area contributed by atoms with Crippen LogP contribution in [0.3, 0.4) is 0 Å². The topological polar surface area (TPSA) is 68.0 Å². The summed E-state index contributed by atoms with van der Waals surface area (Å²) in [6, 6.07) is 0.503. The number of nitrogens with one attached hydrogen (secondary N) is 1. The van der Waals surface area contributed by atoms with Crippen molar-refractivity contribution >= 4 is 18.5 Å².